The van der Waals surface area contributed by atoms with Crippen LogP contribution < -0.4 is 14.2 Å². The molecule has 0 N–H and O–H groups in total. The van der Waals surface area contributed by atoms with Gasteiger partial charge in [0.25, 0.3) is 10.0 Å². The maximum Gasteiger partial charge on any atom is 0.293 e. The molecule has 0 fully saturated rings. The minimum absolute atomic E-state index is 0.0896. The fourth-order valence-electron chi connectivity index (χ4n) is 2.84. The third kappa shape index (κ3) is 4.54. The molecule has 0 unspecified atom stereocenters. The van der Waals surface area contributed by atoms with Crippen molar-refractivity contribution in [2.24, 2.45) is 0 Å². The average Bonchev–Trinajstić information content (AvgIpc) is 3.50. The molecule has 31 heavy (non-hydrogen) atoms. The van der Waals surface area contributed by atoms with E-state index in [0.717, 1.165) is 26.6 Å². The van der Waals surface area contributed by atoms with Crippen LogP contribution in [0.4, 0.5) is 0 Å². The van der Waals surface area contributed by atoms with Gasteiger partial charge >= 0.3 is 0 Å². The minimum atomic E-state index is -3.72. The van der Waals surface area contributed by atoms with Crippen molar-refractivity contribution in [1.29, 1.82) is 0 Å². The van der Waals surface area contributed by atoms with E-state index in [2.05, 4.69) is 10.3 Å². The number of nitrogens with zero attached hydrogens (tertiary/aromatic N) is 3. The number of ether oxygens (including phenoxy) is 3. The number of rotatable bonds is 8. The van der Waals surface area contributed by atoms with Gasteiger partial charge in [-0.2, -0.15) is 8.42 Å². The summed E-state index contributed by atoms with van der Waals surface area (Å²) in [5, 5.41) is 9.31. The lowest BCUT2D eigenvalue weighted by atomic mass is 10.0. The smallest absolute Gasteiger partial charge is 0.293 e. The van der Waals surface area contributed by atoms with E-state index in [1.54, 1.807) is 25.7 Å². The number of benzene rings is 2. The van der Waals surface area contributed by atoms with Crippen molar-refractivity contribution in [2.75, 3.05) is 14.2 Å². The molecule has 0 saturated heterocycles. The Hall–Kier alpha value is -3.37. The van der Waals surface area contributed by atoms with Crippen LogP contribution in [0, 0.1) is 0 Å². The molecule has 4 aromatic rings. The van der Waals surface area contributed by atoms with Crippen LogP contribution in [-0.2, 0) is 16.6 Å². The summed E-state index contributed by atoms with van der Waals surface area (Å²) in [4.78, 5) is 0. The van der Waals surface area contributed by atoms with Gasteiger partial charge in [0.15, 0.2) is 0 Å². The van der Waals surface area contributed by atoms with E-state index in [4.69, 9.17) is 14.2 Å². The zero-order valence-electron chi connectivity index (χ0n) is 16.8. The zero-order chi connectivity index (χ0) is 21.8. The van der Waals surface area contributed by atoms with Gasteiger partial charge in [-0.15, -0.1) is 20.5 Å². The first kappa shape index (κ1) is 20.9. The second-order valence-electron chi connectivity index (χ2n) is 6.43. The monoisotopic (exact) mass is 457 g/mol. The summed E-state index contributed by atoms with van der Waals surface area (Å²) in [5.41, 5.74) is 2.32. The van der Waals surface area contributed by atoms with Crippen LogP contribution in [-0.4, -0.2) is 37.0 Å². The van der Waals surface area contributed by atoms with E-state index in [-0.39, 0.29) is 10.8 Å². The van der Waals surface area contributed by atoms with E-state index < -0.39 is 10.0 Å². The summed E-state index contributed by atoms with van der Waals surface area (Å²) in [6, 6.07) is 16.3. The molecular formula is C21H19N3O5S2. The molecule has 4 rings (SSSR count). The highest BCUT2D eigenvalue weighted by molar-refractivity contribution is 7.91. The Balaban J connectivity index is 1.45. The molecule has 0 amide bonds. The quantitative estimate of drug-likeness (QED) is 0.397. The Labute approximate surface area is 183 Å². The molecule has 2 heterocycles. The van der Waals surface area contributed by atoms with Gasteiger partial charge in [0, 0.05) is 6.07 Å². The molecule has 160 valence electrons. The van der Waals surface area contributed by atoms with Crippen LogP contribution in [0.2, 0.25) is 0 Å². The molecule has 10 heteroatoms. The maximum absolute atomic E-state index is 12.5. The molecule has 0 aliphatic heterocycles. The van der Waals surface area contributed by atoms with Gasteiger partial charge in [0.05, 0.1) is 20.4 Å². The van der Waals surface area contributed by atoms with Gasteiger partial charge < -0.3 is 14.2 Å². The van der Waals surface area contributed by atoms with Crippen molar-refractivity contribution < 1.29 is 22.6 Å². The van der Waals surface area contributed by atoms with Crippen LogP contribution in [0.5, 0.6) is 17.2 Å². The van der Waals surface area contributed by atoms with Gasteiger partial charge in [-0.3, -0.25) is 0 Å². The van der Waals surface area contributed by atoms with Gasteiger partial charge in [0.1, 0.15) is 33.8 Å². The molecule has 0 aliphatic rings. The first-order chi connectivity index (χ1) is 15.0. The van der Waals surface area contributed by atoms with E-state index >= 15 is 0 Å². The van der Waals surface area contributed by atoms with Crippen LogP contribution in [0.15, 0.2) is 70.4 Å². The Kier molecular flexibility index (Phi) is 5.92. The summed E-state index contributed by atoms with van der Waals surface area (Å²) in [6.07, 6.45) is 1.35. The summed E-state index contributed by atoms with van der Waals surface area (Å²) >= 11 is 1.12. The number of hydrogen-bond acceptors (Lipinski definition) is 8. The van der Waals surface area contributed by atoms with Crippen molar-refractivity contribution in [3.8, 4) is 28.4 Å². The fraction of sp³-hybridized carbons (Fsp3) is 0.143. The molecular weight excluding hydrogens is 438 g/mol. The van der Waals surface area contributed by atoms with Gasteiger partial charge in [-0.1, -0.05) is 23.4 Å². The normalized spacial score (nSPS) is 11.3. The molecule has 0 atom stereocenters. The zero-order valence-corrected chi connectivity index (χ0v) is 18.4. The average molecular weight is 458 g/mol. The molecule has 8 nitrogen and oxygen atoms in total. The third-order valence-electron chi connectivity index (χ3n) is 4.44. The number of thiophene rings is 1. The van der Waals surface area contributed by atoms with E-state index in [9.17, 15) is 8.42 Å². The second-order valence-corrected chi connectivity index (χ2v) is 9.40. The molecule has 0 radical (unpaired) electrons. The summed E-state index contributed by atoms with van der Waals surface area (Å²) in [5.74, 6) is 2.03. The summed E-state index contributed by atoms with van der Waals surface area (Å²) < 4.78 is 42.3. The van der Waals surface area contributed by atoms with Gasteiger partial charge in [0.2, 0.25) is 0 Å². The first-order valence-corrected chi connectivity index (χ1v) is 11.5. The Bertz CT molecular complexity index is 1240. The van der Waals surface area contributed by atoms with Crippen LogP contribution in [0.25, 0.3) is 11.1 Å². The van der Waals surface area contributed by atoms with E-state index in [1.165, 1.54) is 12.3 Å². The predicted molar refractivity (Wildman–Crippen MR) is 116 cm³/mol. The van der Waals surface area contributed by atoms with Crippen molar-refractivity contribution in [3.05, 3.63) is 71.9 Å². The van der Waals surface area contributed by atoms with Gasteiger partial charge in [-0.05, 0) is 46.8 Å². The lowest BCUT2D eigenvalue weighted by Gasteiger charge is -2.09. The van der Waals surface area contributed by atoms with Crippen molar-refractivity contribution in [2.45, 2.75) is 10.8 Å². The van der Waals surface area contributed by atoms with Crippen LogP contribution in [0.1, 0.15) is 5.69 Å². The van der Waals surface area contributed by atoms with Gasteiger partial charge in [-0.25, -0.2) is 0 Å². The molecule has 0 spiro atoms. The highest BCUT2D eigenvalue weighted by atomic mass is 32.2. The summed E-state index contributed by atoms with van der Waals surface area (Å²) in [7, 11) is -0.503. The Morgan fingerprint density at radius 2 is 1.65 bits per heavy atom. The predicted octanol–water partition coefficient (Wildman–Crippen LogP) is 3.84. The minimum Gasteiger partial charge on any atom is -0.497 e. The molecule has 0 aliphatic carbocycles. The largest absolute Gasteiger partial charge is 0.497 e. The lowest BCUT2D eigenvalue weighted by molar-refractivity contribution is 0.301. The third-order valence-corrected chi connectivity index (χ3v) is 7.34. The molecule has 2 aromatic heterocycles. The van der Waals surface area contributed by atoms with Crippen molar-refractivity contribution >= 4 is 21.4 Å². The highest BCUT2D eigenvalue weighted by Gasteiger charge is 2.20. The topological polar surface area (TPSA) is 92.5 Å². The molecule has 0 saturated carbocycles. The standard InChI is InChI=1S/C21H19N3O5S2/c1-27-19-10-16(11-20(12-19)28-2)15-5-7-18(8-6-15)29-14-17-13-24(23-22-17)31(25,26)21-4-3-9-30-21/h3-13H,14H2,1-2H3. The number of aromatic nitrogens is 3. The number of methoxy groups -OCH3 is 2. The second kappa shape index (κ2) is 8.78. The maximum atomic E-state index is 12.5. The van der Waals surface area contributed by atoms with Crippen LogP contribution in [0.3, 0.4) is 0 Å². The van der Waals surface area contributed by atoms with Crippen molar-refractivity contribution in [1.82, 2.24) is 14.4 Å². The number of hydrogen-bond donors (Lipinski definition) is 0. The van der Waals surface area contributed by atoms with E-state index in [0.29, 0.717) is 22.9 Å². The fourth-order valence-corrected chi connectivity index (χ4v) is 5.00. The SMILES string of the molecule is COc1cc(OC)cc(-c2ccc(OCc3cn(S(=O)(=O)c4cccs4)nn3)cc2)c1. The summed E-state index contributed by atoms with van der Waals surface area (Å²) in [6.45, 7) is 0.0896. The molecule has 0 bridgehead atoms. The lowest BCUT2D eigenvalue weighted by Crippen LogP contribution is -2.12. The van der Waals surface area contributed by atoms with E-state index in [1.807, 2.05) is 42.5 Å². The Morgan fingerprint density at radius 1 is 0.935 bits per heavy atom. The highest BCUT2D eigenvalue weighted by Crippen LogP contribution is 2.30. The van der Waals surface area contributed by atoms with Crippen molar-refractivity contribution in [3.63, 3.8) is 0 Å². The molecule has 2 aromatic carbocycles. The Morgan fingerprint density at radius 3 is 2.26 bits per heavy atom. The van der Waals surface area contributed by atoms with Crippen LogP contribution >= 0.6 is 11.3 Å². The first-order valence-electron chi connectivity index (χ1n) is 9.16.